The molecule has 3 rings (SSSR count). The van der Waals surface area contributed by atoms with E-state index in [0.717, 1.165) is 43.9 Å². The second-order valence-electron chi connectivity index (χ2n) is 8.36. The van der Waals surface area contributed by atoms with Gasteiger partial charge in [-0.25, -0.2) is 12.7 Å². The van der Waals surface area contributed by atoms with E-state index in [1.54, 1.807) is 25.4 Å². The molecular weight excluding hydrogens is 400 g/mol. The Labute approximate surface area is 181 Å². The van der Waals surface area contributed by atoms with Crippen LogP contribution in [-0.2, 0) is 15.4 Å². The minimum Gasteiger partial charge on any atom is -0.497 e. The minimum atomic E-state index is -3.10. The standard InChI is InChI=1S/C22H36N4O3S/c1-4-30(27,28)26-14-10-19(11-15-26)25-21(23-2)24-17-22(12-5-6-13-22)18-8-7-9-20(16-18)29-3/h7-9,16,19H,4-6,10-15,17H2,1-3H3,(H2,23,24,25). The number of hydrogen-bond acceptors (Lipinski definition) is 4. The van der Waals surface area contributed by atoms with E-state index in [4.69, 9.17) is 4.74 Å². The van der Waals surface area contributed by atoms with Gasteiger partial charge in [0.25, 0.3) is 0 Å². The molecule has 1 aromatic carbocycles. The predicted octanol–water partition coefficient (Wildman–Crippen LogP) is 2.49. The molecule has 2 aliphatic rings. The third kappa shape index (κ3) is 5.27. The van der Waals surface area contributed by atoms with Crippen LogP contribution in [0.4, 0.5) is 0 Å². The smallest absolute Gasteiger partial charge is 0.213 e. The van der Waals surface area contributed by atoms with Gasteiger partial charge in [-0.15, -0.1) is 0 Å². The maximum atomic E-state index is 12.1. The molecule has 0 bridgehead atoms. The van der Waals surface area contributed by atoms with Gasteiger partial charge < -0.3 is 15.4 Å². The number of rotatable bonds is 7. The van der Waals surface area contributed by atoms with Crippen molar-refractivity contribution in [1.29, 1.82) is 0 Å². The van der Waals surface area contributed by atoms with Crippen LogP contribution in [0.1, 0.15) is 51.0 Å². The molecule has 0 amide bonds. The zero-order valence-corrected chi connectivity index (χ0v) is 19.3. The van der Waals surface area contributed by atoms with Crippen LogP contribution in [0.2, 0.25) is 0 Å². The average Bonchev–Trinajstić information content (AvgIpc) is 3.27. The topological polar surface area (TPSA) is 83.0 Å². The Morgan fingerprint density at radius 1 is 1.27 bits per heavy atom. The number of methoxy groups -OCH3 is 1. The molecule has 1 aliphatic heterocycles. The van der Waals surface area contributed by atoms with Gasteiger partial charge in [0.2, 0.25) is 10.0 Å². The third-order valence-electron chi connectivity index (χ3n) is 6.61. The second kappa shape index (κ2) is 10.0. The van der Waals surface area contributed by atoms with Crippen LogP contribution in [0.25, 0.3) is 0 Å². The van der Waals surface area contributed by atoms with Crippen LogP contribution < -0.4 is 15.4 Å². The Bertz CT molecular complexity index is 827. The normalized spacial score (nSPS) is 20.8. The van der Waals surface area contributed by atoms with Gasteiger partial charge in [0.1, 0.15) is 5.75 Å². The van der Waals surface area contributed by atoms with Gasteiger partial charge in [-0.2, -0.15) is 0 Å². The molecule has 0 spiro atoms. The number of piperidine rings is 1. The minimum absolute atomic E-state index is 0.0880. The van der Waals surface area contributed by atoms with E-state index in [0.29, 0.717) is 13.1 Å². The second-order valence-corrected chi connectivity index (χ2v) is 10.6. The van der Waals surface area contributed by atoms with Crippen molar-refractivity contribution in [2.75, 3.05) is 39.5 Å². The molecular formula is C22H36N4O3S. The first-order valence-electron chi connectivity index (χ1n) is 11.0. The molecule has 7 nitrogen and oxygen atoms in total. The van der Waals surface area contributed by atoms with Gasteiger partial charge in [0.05, 0.1) is 12.9 Å². The Balaban J connectivity index is 1.59. The van der Waals surface area contributed by atoms with E-state index in [9.17, 15) is 8.42 Å². The van der Waals surface area contributed by atoms with Crippen LogP contribution >= 0.6 is 0 Å². The van der Waals surface area contributed by atoms with Crippen molar-refractivity contribution in [1.82, 2.24) is 14.9 Å². The van der Waals surface area contributed by atoms with Gasteiger partial charge in [0, 0.05) is 38.1 Å². The fourth-order valence-corrected chi connectivity index (χ4v) is 5.81. The lowest BCUT2D eigenvalue weighted by atomic mass is 9.78. The van der Waals surface area contributed by atoms with E-state index >= 15 is 0 Å². The molecule has 8 heteroatoms. The summed E-state index contributed by atoms with van der Waals surface area (Å²) < 4.78 is 31.2. The summed E-state index contributed by atoms with van der Waals surface area (Å²) in [5.41, 5.74) is 1.41. The maximum Gasteiger partial charge on any atom is 0.213 e. The SMILES string of the molecule is CCS(=O)(=O)N1CCC(NC(=NC)NCC2(c3cccc(OC)c3)CCCC2)CC1. The largest absolute Gasteiger partial charge is 0.497 e. The number of sulfonamides is 1. The Morgan fingerprint density at radius 2 is 1.97 bits per heavy atom. The van der Waals surface area contributed by atoms with E-state index in [1.165, 1.54) is 18.4 Å². The van der Waals surface area contributed by atoms with Crippen molar-refractivity contribution < 1.29 is 13.2 Å². The highest BCUT2D eigenvalue weighted by Crippen LogP contribution is 2.41. The number of benzene rings is 1. The summed E-state index contributed by atoms with van der Waals surface area (Å²) in [6.07, 6.45) is 6.35. The van der Waals surface area contributed by atoms with Crippen molar-refractivity contribution in [2.45, 2.75) is 56.9 Å². The van der Waals surface area contributed by atoms with Gasteiger partial charge in [-0.3, -0.25) is 4.99 Å². The highest BCUT2D eigenvalue weighted by atomic mass is 32.2. The zero-order chi connectivity index (χ0) is 21.6. The highest BCUT2D eigenvalue weighted by Gasteiger charge is 2.36. The van der Waals surface area contributed by atoms with Crippen LogP contribution in [0, 0.1) is 0 Å². The van der Waals surface area contributed by atoms with Gasteiger partial charge in [-0.05, 0) is 50.3 Å². The van der Waals surface area contributed by atoms with Crippen molar-refractivity contribution >= 4 is 16.0 Å². The summed E-state index contributed by atoms with van der Waals surface area (Å²) in [5.74, 6) is 1.86. The zero-order valence-electron chi connectivity index (χ0n) is 18.5. The summed E-state index contributed by atoms with van der Waals surface area (Å²) in [6, 6.07) is 8.66. The third-order valence-corrected chi connectivity index (χ3v) is 8.50. The molecule has 1 heterocycles. The highest BCUT2D eigenvalue weighted by molar-refractivity contribution is 7.89. The van der Waals surface area contributed by atoms with Crippen molar-refractivity contribution in [3.8, 4) is 5.75 Å². The van der Waals surface area contributed by atoms with Crippen LogP contribution in [0.3, 0.4) is 0 Å². The maximum absolute atomic E-state index is 12.1. The number of hydrogen-bond donors (Lipinski definition) is 2. The van der Waals surface area contributed by atoms with E-state index in [2.05, 4.69) is 33.8 Å². The van der Waals surface area contributed by atoms with Crippen molar-refractivity contribution in [3.63, 3.8) is 0 Å². The molecule has 0 unspecified atom stereocenters. The lowest BCUT2D eigenvalue weighted by Gasteiger charge is -2.34. The molecule has 0 aromatic heterocycles. The molecule has 168 valence electrons. The first-order chi connectivity index (χ1) is 14.4. The van der Waals surface area contributed by atoms with Crippen LogP contribution in [0.15, 0.2) is 29.3 Å². The Morgan fingerprint density at radius 3 is 2.57 bits per heavy atom. The molecule has 1 aromatic rings. The van der Waals surface area contributed by atoms with Gasteiger partial charge in [-0.1, -0.05) is 25.0 Å². The van der Waals surface area contributed by atoms with E-state index in [1.807, 2.05) is 6.07 Å². The number of nitrogens with zero attached hydrogens (tertiary/aromatic N) is 2. The fourth-order valence-electron chi connectivity index (χ4n) is 4.67. The van der Waals surface area contributed by atoms with E-state index in [-0.39, 0.29) is 17.2 Å². The molecule has 0 atom stereocenters. The molecule has 1 saturated carbocycles. The number of aliphatic imine (C=N–C) groups is 1. The molecule has 2 fully saturated rings. The molecule has 0 radical (unpaired) electrons. The van der Waals surface area contributed by atoms with Gasteiger partial charge in [0.15, 0.2) is 5.96 Å². The van der Waals surface area contributed by atoms with E-state index < -0.39 is 10.0 Å². The quantitative estimate of drug-likeness (QED) is 0.507. The number of ether oxygens (including phenoxy) is 1. The first kappa shape index (κ1) is 22.9. The summed E-state index contributed by atoms with van der Waals surface area (Å²) in [7, 11) is 0.405. The summed E-state index contributed by atoms with van der Waals surface area (Å²) in [5, 5.41) is 7.06. The van der Waals surface area contributed by atoms with Crippen molar-refractivity contribution in [3.05, 3.63) is 29.8 Å². The van der Waals surface area contributed by atoms with Crippen molar-refractivity contribution in [2.24, 2.45) is 4.99 Å². The lowest BCUT2D eigenvalue weighted by molar-refractivity contribution is 0.306. The average molecular weight is 437 g/mol. The summed E-state index contributed by atoms with van der Waals surface area (Å²) >= 11 is 0. The monoisotopic (exact) mass is 436 g/mol. The Kier molecular flexibility index (Phi) is 7.63. The van der Waals surface area contributed by atoms with Crippen LogP contribution in [-0.4, -0.2) is 64.3 Å². The van der Waals surface area contributed by atoms with Crippen LogP contribution in [0.5, 0.6) is 5.75 Å². The predicted molar refractivity (Wildman–Crippen MR) is 122 cm³/mol. The Hall–Kier alpha value is -1.80. The number of guanidine groups is 1. The molecule has 2 N–H and O–H groups in total. The molecule has 1 saturated heterocycles. The molecule has 1 aliphatic carbocycles. The summed E-state index contributed by atoms with van der Waals surface area (Å²) in [6.45, 7) is 3.66. The van der Waals surface area contributed by atoms with Gasteiger partial charge >= 0.3 is 0 Å². The first-order valence-corrected chi connectivity index (χ1v) is 12.6. The molecule has 30 heavy (non-hydrogen) atoms. The fraction of sp³-hybridized carbons (Fsp3) is 0.682. The lowest BCUT2D eigenvalue weighted by Crippen LogP contribution is -2.51. The summed E-state index contributed by atoms with van der Waals surface area (Å²) in [4.78, 5) is 4.42. The number of nitrogens with one attached hydrogen (secondary N) is 2.